The average Bonchev–Trinajstić information content (AvgIpc) is 2.57. The highest BCUT2D eigenvalue weighted by atomic mass is 35.5. The minimum atomic E-state index is -0.302. The number of nitrogens with one attached hydrogen (secondary N) is 1. The van der Waals surface area contributed by atoms with E-state index in [4.69, 9.17) is 16.3 Å². The number of rotatable bonds is 6. The maximum Gasteiger partial charge on any atom is 0.244 e. The lowest BCUT2D eigenvalue weighted by atomic mass is 10.2. The van der Waals surface area contributed by atoms with Gasteiger partial charge in [-0.25, -0.2) is 0 Å². The smallest absolute Gasteiger partial charge is 0.244 e. The number of benzene rings is 2. The third-order valence-corrected chi connectivity index (χ3v) is 4.00. The van der Waals surface area contributed by atoms with E-state index in [1.165, 1.54) is 11.8 Å². The zero-order valence-corrected chi connectivity index (χ0v) is 15.3. The second-order valence-corrected chi connectivity index (χ2v) is 5.95. The van der Waals surface area contributed by atoms with Crippen LogP contribution in [0.1, 0.15) is 19.4 Å². The monoisotopic (exact) mass is 360 g/mol. The van der Waals surface area contributed by atoms with Crippen molar-refractivity contribution >= 4 is 34.8 Å². The first-order chi connectivity index (χ1) is 11.9. The van der Waals surface area contributed by atoms with Crippen LogP contribution in [0.4, 0.5) is 11.4 Å². The van der Waals surface area contributed by atoms with E-state index in [0.29, 0.717) is 28.8 Å². The van der Waals surface area contributed by atoms with Crippen LogP contribution in [0.3, 0.4) is 0 Å². The number of carbonyl (C=O) groups excluding carboxylic acids is 2. The van der Waals surface area contributed by atoms with Gasteiger partial charge in [-0.15, -0.1) is 0 Å². The number of anilines is 2. The third-order valence-electron chi connectivity index (χ3n) is 3.60. The molecule has 0 spiro atoms. The molecule has 0 aliphatic heterocycles. The van der Waals surface area contributed by atoms with Gasteiger partial charge in [0.05, 0.1) is 6.61 Å². The summed E-state index contributed by atoms with van der Waals surface area (Å²) in [6, 6.07) is 12.3. The summed E-state index contributed by atoms with van der Waals surface area (Å²) in [5.41, 5.74) is 2.16. The Balaban J connectivity index is 2.08. The largest absolute Gasteiger partial charge is 0.494 e. The van der Waals surface area contributed by atoms with E-state index in [-0.39, 0.29) is 18.4 Å². The molecule has 5 nitrogen and oxygen atoms in total. The van der Waals surface area contributed by atoms with Crippen LogP contribution in [0.15, 0.2) is 42.5 Å². The molecule has 0 bridgehead atoms. The van der Waals surface area contributed by atoms with Crippen molar-refractivity contribution in [3.8, 4) is 5.75 Å². The van der Waals surface area contributed by atoms with Gasteiger partial charge < -0.3 is 15.0 Å². The SMILES string of the molecule is CCOc1ccc(N(CC(=O)Nc2ccc(C)c(Cl)c2)C(C)=O)cc1. The highest BCUT2D eigenvalue weighted by molar-refractivity contribution is 6.31. The number of amides is 2. The molecule has 0 radical (unpaired) electrons. The van der Waals surface area contributed by atoms with Crippen LogP contribution in [-0.2, 0) is 9.59 Å². The number of nitrogens with zero attached hydrogens (tertiary/aromatic N) is 1. The highest BCUT2D eigenvalue weighted by Gasteiger charge is 2.16. The lowest BCUT2D eigenvalue weighted by Crippen LogP contribution is -2.36. The van der Waals surface area contributed by atoms with Crippen LogP contribution in [0.5, 0.6) is 5.75 Å². The summed E-state index contributed by atoms with van der Waals surface area (Å²) < 4.78 is 5.39. The topological polar surface area (TPSA) is 58.6 Å². The van der Waals surface area contributed by atoms with Crippen molar-refractivity contribution in [2.45, 2.75) is 20.8 Å². The summed E-state index contributed by atoms with van der Waals surface area (Å²) in [5.74, 6) is 0.193. The molecule has 0 aromatic heterocycles. The molecular formula is C19H21ClN2O3. The molecule has 0 aliphatic rings. The summed E-state index contributed by atoms with van der Waals surface area (Å²) in [5, 5.41) is 3.33. The summed E-state index contributed by atoms with van der Waals surface area (Å²) in [6.45, 7) is 5.69. The molecular weight excluding hydrogens is 340 g/mol. The van der Waals surface area contributed by atoms with E-state index in [0.717, 1.165) is 5.56 Å². The van der Waals surface area contributed by atoms with E-state index < -0.39 is 0 Å². The molecule has 0 atom stereocenters. The first kappa shape index (κ1) is 18.8. The van der Waals surface area contributed by atoms with Crippen molar-refractivity contribution in [1.82, 2.24) is 0 Å². The average molecular weight is 361 g/mol. The Morgan fingerprint density at radius 3 is 2.40 bits per heavy atom. The summed E-state index contributed by atoms with van der Waals surface area (Å²) in [6.07, 6.45) is 0. The van der Waals surface area contributed by atoms with Crippen molar-refractivity contribution in [3.63, 3.8) is 0 Å². The molecule has 2 aromatic rings. The number of aryl methyl sites for hydroxylation is 1. The molecule has 0 unspecified atom stereocenters. The van der Waals surface area contributed by atoms with Gasteiger partial charge in [0.1, 0.15) is 12.3 Å². The zero-order chi connectivity index (χ0) is 18.4. The van der Waals surface area contributed by atoms with Gasteiger partial charge in [-0.1, -0.05) is 17.7 Å². The fourth-order valence-corrected chi connectivity index (χ4v) is 2.47. The molecule has 0 saturated heterocycles. The van der Waals surface area contributed by atoms with E-state index in [9.17, 15) is 9.59 Å². The van der Waals surface area contributed by atoms with Gasteiger partial charge in [-0.2, -0.15) is 0 Å². The van der Waals surface area contributed by atoms with Crippen molar-refractivity contribution in [3.05, 3.63) is 53.1 Å². The van der Waals surface area contributed by atoms with Gasteiger partial charge in [0.15, 0.2) is 0 Å². The van der Waals surface area contributed by atoms with Gasteiger partial charge in [-0.3, -0.25) is 9.59 Å². The summed E-state index contributed by atoms with van der Waals surface area (Å²) >= 11 is 6.06. The highest BCUT2D eigenvalue weighted by Crippen LogP contribution is 2.21. The Morgan fingerprint density at radius 2 is 1.84 bits per heavy atom. The maximum absolute atomic E-state index is 12.3. The molecule has 1 N–H and O–H groups in total. The van der Waals surface area contributed by atoms with Gasteiger partial charge >= 0.3 is 0 Å². The normalized spacial score (nSPS) is 10.2. The Hall–Kier alpha value is -2.53. The van der Waals surface area contributed by atoms with Gasteiger partial charge in [-0.05, 0) is 55.8 Å². The standard InChI is InChI=1S/C19H21ClN2O3/c1-4-25-17-9-7-16(8-10-17)22(14(3)23)12-19(24)21-15-6-5-13(2)18(20)11-15/h5-11H,4,12H2,1-3H3,(H,21,24). The summed E-state index contributed by atoms with van der Waals surface area (Å²) in [7, 11) is 0. The van der Waals surface area contributed by atoms with Gasteiger partial charge in [0, 0.05) is 23.3 Å². The van der Waals surface area contributed by atoms with Crippen LogP contribution in [0, 0.1) is 6.92 Å². The second-order valence-electron chi connectivity index (χ2n) is 5.54. The number of ether oxygens (including phenoxy) is 1. The number of hydrogen-bond donors (Lipinski definition) is 1. The molecule has 0 aliphatic carbocycles. The fraction of sp³-hybridized carbons (Fsp3) is 0.263. The molecule has 132 valence electrons. The Labute approximate surface area is 152 Å². The fourth-order valence-electron chi connectivity index (χ4n) is 2.29. The number of halogens is 1. The lowest BCUT2D eigenvalue weighted by Gasteiger charge is -2.21. The van der Waals surface area contributed by atoms with Crippen LogP contribution >= 0.6 is 11.6 Å². The minimum absolute atomic E-state index is 0.0885. The first-order valence-corrected chi connectivity index (χ1v) is 8.35. The quantitative estimate of drug-likeness (QED) is 0.845. The first-order valence-electron chi connectivity index (χ1n) is 7.97. The van der Waals surface area contributed by atoms with Crippen LogP contribution < -0.4 is 15.0 Å². The van der Waals surface area contributed by atoms with E-state index in [1.807, 2.05) is 19.9 Å². The van der Waals surface area contributed by atoms with Crippen molar-refractivity contribution < 1.29 is 14.3 Å². The Bertz CT molecular complexity index is 760. The van der Waals surface area contributed by atoms with Crippen LogP contribution in [-0.4, -0.2) is 25.0 Å². The zero-order valence-electron chi connectivity index (χ0n) is 14.5. The molecule has 0 heterocycles. The van der Waals surface area contributed by atoms with Crippen molar-refractivity contribution in [1.29, 1.82) is 0 Å². The molecule has 0 fully saturated rings. The molecule has 2 amide bonds. The Kier molecular flexibility index (Phi) is 6.42. The molecule has 25 heavy (non-hydrogen) atoms. The third kappa shape index (κ3) is 5.22. The van der Waals surface area contributed by atoms with E-state index in [2.05, 4.69) is 5.32 Å². The molecule has 0 saturated carbocycles. The second kappa shape index (κ2) is 8.53. The van der Waals surface area contributed by atoms with Gasteiger partial charge in [0.2, 0.25) is 11.8 Å². The molecule has 2 rings (SSSR count). The van der Waals surface area contributed by atoms with Crippen molar-refractivity contribution in [2.24, 2.45) is 0 Å². The van der Waals surface area contributed by atoms with Crippen molar-refractivity contribution in [2.75, 3.05) is 23.4 Å². The van der Waals surface area contributed by atoms with E-state index in [1.54, 1.807) is 36.4 Å². The summed E-state index contributed by atoms with van der Waals surface area (Å²) in [4.78, 5) is 25.6. The minimum Gasteiger partial charge on any atom is -0.494 e. The van der Waals surface area contributed by atoms with Crippen LogP contribution in [0.2, 0.25) is 5.02 Å². The van der Waals surface area contributed by atoms with Gasteiger partial charge in [0.25, 0.3) is 0 Å². The molecule has 6 heteroatoms. The number of hydrogen-bond acceptors (Lipinski definition) is 3. The predicted octanol–water partition coefficient (Wildman–Crippen LogP) is 4.04. The molecule has 2 aromatic carbocycles. The number of carbonyl (C=O) groups is 2. The van der Waals surface area contributed by atoms with Crippen LogP contribution in [0.25, 0.3) is 0 Å². The lowest BCUT2D eigenvalue weighted by molar-refractivity contribution is -0.120. The Morgan fingerprint density at radius 1 is 1.16 bits per heavy atom. The van der Waals surface area contributed by atoms with E-state index >= 15 is 0 Å². The predicted molar refractivity (Wildman–Crippen MR) is 100 cm³/mol. The maximum atomic E-state index is 12.3.